The van der Waals surface area contributed by atoms with Crippen molar-refractivity contribution >= 4 is 50.6 Å². The highest BCUT2D eigenvalue weighted by Crippen LogP contribution is 2.25. The van der Waals surface area contributed by atoms with E-state index in [9.17, 15) is 13.2 Å². The van der Waals surface area contributed by atoms with Crippen LogP contribution in [-0.2, 0) is 10.0 Å². The number of hydrogen-bond acceptors (Lipinski definition) is 4. The number of nitrogens with one attached hydrogen (secondary N) is 2. The monoisotopic (exact) mass is 449 g/mol. The minimum Gasteiger partial charge on any atom is -0.307 e. The molecular weight excluding hydrogens is 433 g/mol. The van der Waals surface area contributed by atoms with Crippen LogP contribution in [0.5, 0.6) is 0 Å². The normalized spacial score (nSPS) is 11.2. The first kappa shape index (κ1) is 21.1. The predicted octanol–water partition coefficient (Wildman–Crippen LogP) is 5.06. The molecule has 0 atom stereocenters. The zero-order valence-corrected chi connectivity index (χ0v) is 17.9. The summed E-state index contributed by atoms with van der Waals surface area (Å²) in [6, 6.07) is 12.2. The molecule has 0 saturated heterocycles. The molecule has 3 rings (SSSR count). The van der Waals surface area contributed by atoms with E-state index in [0.717, 1.165) is 11.1 Å². The average Bonchev–Trinajstić information content (AvgIpc) is 2.64. The topological polar surface area (TPSA) is 88.2 Å². The molecule has 0 aliphatic rings. The van der Waals surface area contributed by atoms with Crippen molar-refractivity contribution < 1.29 is 13.2 Å². The molecule has 1 heterocycles. The van der Waals surface area contributed by atoms with Gasteiger partial charge in [0, 0.05) is 11.2 Å². The van der Waals surface area contributed by atoms with Crippen LogP contribution in [0.25, 0.3) is 0 Å². The van der Waals surface area contributed by atoms with Crippen molar-refractivity contribution in [2.24, 2.45) is 0 Å². The minimum absolute atomic E-state index is 0.0137. The number of carbonyl (C=O) groups is 1. The molecule has 0 fully saturated rings. The van der Waals surface area contributed by atoms with Gasteiger partial charge in [-0.25, -0.2) is 13.4 Å². The number of aromatic nitrogens is 1. The summed E-state index contributed by atoms with van der Waals surface area (Å²) in [4.78, 5) is 16.5. The van der Waals surface area contributed by atoms with Crippen LogP contribution in [0.3, 0.4) is 0 Å². The summed E-state index contributed by atoms with van der Waals surface area (Å²) >= 11 is 12.2. The Balaban J connectivity index is 1.88. The van der Waals surface area contributed by atoms with Gasteiger partial charge in [-0.15, -0.1) is 0 Å². The fourth-order valence-corrected chi connectivity index (χ4v) is 3.96. The maximum atomic E-state index is 12.7. The number of nitrogens with zero attached hydrogens (tertiary/aromatic N) is 1. The maximum Gasteiger partial charge on any atom is 0.261 e. The highest BCUT2D eigenvalue weighted by molar-refractivity contribution is 7.92. The quantitative estimate of drug-likeness (QED) is 0.569. The van der Waals surface area contributed by atoms with Gasteiger partial charge in [0.05, 0.1) is 21.2 Å². The SMILES string of the molecule is Cc1ccnc(NC(=O)c2cc(S(=O)(=O)Nc3ccc(C)c(Cl)c3)ccc2Cl)c1. The van der Waals surface area contributed by atoms with E-state index in [0.29, 0.717) is 16.5 Å². The summed E-state index contributed by atoms with van der Waals surface area (Å²) < 4.78 is 27.9. The van der Waals surface area contributed by atoms with Crippen LogP contribution in [0.15, 0.2) is 59.6 Å². The Kier molecular flexibility index (Phi) is 6.12. The van der Waals surface area contributed by atoms with Gasteiger partial charge in [-0.05, 0) is 67.4 Å². The Labute approximate surface area is 178 Å². The Hall–Kier alpha value is -2.61. The molecule has 6 nitrogen and oxygen atoms in total. The molecule has 29 heavy (non-hydrogen) atoms. The predicted molar refractivity (Wildman–Crippen MR) is 115 cm³/mol. The Morgan fingerprint density at radius 2 is 1.72 bits per heavy atom. The van der Waals surface area contributed by atoms with Gasteiger partial charge in [0.25, 0.3) is 15.9 Å². The van der Waals surface area contributed by atoms with E-state index in [4.69, 9.17) is 23.2 Å². The summed E-state index contributed by atoms with van der Waals surface area (Å²) in [5.41, 5.74) is 2.06. The molecular formula is C20H17Cl2N3O3S. The highest BCUT2D eigenvalue weighted by atomic mass is 35.5. The zero-order valence-electron chi connectivity index (χ0n) is 15.5. The number of halogens is 2. The van der Waals surface area contributed by atoms with Crippen molar-refractivity contribution in [1.29, 1.82) is 0 Å². The molecule has 0 aliphatic heterocycles. The third kappa shape index (κ3) is 5.06. The molecule has 0 radical (unpaired) electrons. The van der Waals surface area contributed by atoms with E-state index in [2.05, 4.69) is 15.0 Å². The fraction of sp³-hybridized carbons (Fsp3) is 0.100. The number of aryl methyl sites for hydroxylation is 2. The second-order valence-corrected chi connectivity index (χ2v) is 8.88. The highest BCUT2D eigenvalue weighted by Gasteiger charge is 2.19. The third-order valence-electron chi connectivity index (χ3n) is 4.07. The summed E-state index contributed by atoms with van der Waals surface area (Å²) in [7, 11) is -3.96. The first-order valence-corrected chi connectivity index (χ1v) is 10.7. The molecule has 150 valence electrons. The van der Waals surface area contributed by atoms with Gasteiger partial charge in [0.2, 0.25) is 0 Å². The number of hydrogen-bond donors (Lipinski definition) is 2. The molecule has 1 aromatic heterocycles. The van der Waals surface area contributed by atoms with Crippen LogP contribution in [0, 0.1) is 13.8 Å². The summed E-state index contributed by atoms with van der Waals surface area (Å²) in [5.74, 6) is -0.227. The summed E-state index contributed by atoms with van der Waals surface area (Å²) in [6.07, 6.45) is 1.56. The molecule has 0 aliphatic carbocycles. The number of benzene rings is 2. The Morgan fingerprint density at radius 1 is 0.966 bits per heavy atom. The summed E-state index contributed by atoms with van der Waals surface area (Å²) in [6.45, 7) is 3.67. The van der Waals surface area contributed by atoms with Crippen molar-refractivity contribution in [3.05, 3.63) is 81.5 Å². The van der Waals surface area contributed by atoms with Crippen molar-refractivity contribution in [3.63, 3.8) is 0 Å². The van der Waals surface area contributed by atoms with Gasteiger partial charge in [-0.2, -0.15) is 0 Å². The summed E-state index contributed by atoms with van der Waals surface area (Å²) in [5, 5.41) is 3.17. The zero-order chi connectivity index (χ0) is 21.2. The molecule has 1 amide bonds. The molecule has 9 heteroatoms. The van der Waals surface area contributed by atoms with E-state index >= 15 is 0 Å². The van der Waals surface area contributed by atoms with Crippen LogP contribution in [-0.4, -0.2) is 19.3 Å². The molecule has 0 saturated carbocycles. The van der Waals surface area contributed by atoms with Crippen LogP contribution in [0.1, 0.15) is 21.5 Å². The van der Waals surface area contributed by atoms with Gasteiger partial charge in [-0.3, -0.25) is 9.52 Å². The van der Waals surface area contributed by atoms with Crippen LogP contribution in [0.2, 0.25) is 10.0 Å². The number of amides is 1. The van der Waals surface area contributed by atoms with Crippen LogP contribution < -0.4 is 10.0 Å². The maximum absolute atomic E-state index is 12.7. The number of rotatable bonds is 5. The van der Waals surface area contributed by atoms with Gasteiger partial charge in [0.1, 0.15) is 5.82 Å². The first-order valence-electron chi connectivity index (χ1n) is 8.48. The first-order chi connectivity index (χ1) is 13.7. The minimum atomic E-state index is -3.96. The van der Waals surface area contributed by atoms with E-state index in [1.807, 2.05) is 13.8 Å². The van der Waals surface area contributed by atoms with Crippen molar-refractivity contribution in [2.45, 2.75) is 18.7 Å². The lowest BCUT2D eigenvalue weighted by Crippen LogP contribution is -2.17. The van der Waals surface area contributed by atoms with Crippen LogP contribution >= 0.6 is 23.2 Å². The molecule has 3 aromatic rings. The number of sulfonamides is 1. The lowest BCUT2D eigenvalue weighted by Gasteiger charge is -2.12. The van der Waals surface area contributed by atoms with E-state index in [-0.39, 0.29) is 15.5 Å². The molecule has 2 aromatic carbocycles. The smallest absolute Gasteiger partial charge is 0.261 e. The fourth-order valence-electron chi connectivity index (χ4n) is 2.50. The molecule has 0 unspecified atom stereocenters. The second-order valence-electron chi connectivity index (χ2n) is 6.38. The van der Waals surface area contributed by atoms with Gasteiger partial charge < -0.3 is 5.32 Å². The lowest BCUT2D eigenvalue weighted by molar-refractivity contribution is 0.102. The van der Waals surface area contributed by atoms with E-state index in [1.54, 1.807) is 30.5 Å². The number of anilines is 2. The average molecular weight is 450 g/mol. The second kappa shape index (κ2) is 8.41. The standard InChI is InChI=1S/C20H17Cl2N3O3S/c1-12-7-8-23-19(9-12)24-20(26)16-11-15(5-6-17(16)21)29(27,28)25-14-4-3-13(2)18(22)10-14/h3-11,25H,1-2H3,(H,23,24,26). The van der Waals surface area contributed by atoms with Gasteiger partial charge in [0.15, 0.2) is 0 Å². The van der Waals surface area contributed by atoms with Crippen molar-refractivity contribution in [2.75, 3.05) is 10.0 Å². The number of pyridine rings is 1. The molecule has 0 bridgehead atoms. The molecule has 0 spiro atoms. The third-order valence-corrected chi connectivity index (χ3v) is 6.19. The van der Waals surface area contributed by atoms with Gasteiger partial charge >= 0.3 is 0 Å². The number of carbonyl (C=O) groups excluding carboxylic acids is 1. The molecule has 2 N–H and O–H groups in total. The van der Waals surface area contributed by atoms with Crippen molar-refractivity contribution in [3.8, 4) is 0 Å². The Morgan fingerprint density at radius 3 is 2.41 bits per heavy atom. The largest absolute Gasteiger partial charge is 0.307 e. The van der Waals surface area contributed by atoms with Crippen LogP contribution in [0.4, 0.5) is 11.5 Å². The van der Waals surface area contributed by atoms with E-state index < -0.39 is 15.9 Å². The Bertz CT molecular complexity index is 1200. The van der Waals surface area contributed by atoms with E-state index in [1.165, 1.54) is 24.3 Å². The van der Waals surface area contributed by atoms with Gasteiger partial charge in [-0.1, -0.05) is 29.3 Å². The lowest BCUT2D eigenvalue weighted by atomic mass is 10.2. The van der Waals surface area contributed by atoms with Crippen molar-refractivity contribution in [1.82, 2.24) is 4.98 Å².